The molecule has 1 heterocycles. The number of halogens is 1. The van der Waals surface area contributed by atoms with Crippen molar-refractivity contribution in [3.8, 4) is 11.5 Å². The lowest BCUT2D eigenvalue weighted by molar-refractivity contribution is 0.388. The van der Waals surface area contributed by atoms with E-state index in [2.05, 4.69) is 4.98 Å². The zero-order valence-electron chi connectivity index (χ0n) is 12.5. The molecule has 1 saturated carbocycles. The number of hydrogen-bond acceptors (Lipinski definition) is 3. The standard InChI is InChI=1S/C17H20FNO2S/c18-15-8-4-7-14(9-15)17-19-16(10-21-17)12-22(20)11-13-5-2-1-3-6-13/h4,7-10,13H,1-3,5-6,11-12H2/t22-/m1/s1. The fourth-order valence-electron chi connectivity index (χ4n) is 2.97. The Hall–Kier alpha value is -1.49. The van der Waals surface area contributed by atoms with Gasteiger partial charge in [0.1, 0.15) is 12.1 Å². The number of oxazole rings is 1. The highest BCUT2D eigenvalue weighted by Crippen LogP contribution is 2.25. The van der Waals surface area contributed by atoms with Crippen LogP contribution >= 0.6 is 0 Å². The van der Waals surface area contributed by atoms with E-state index in [1.165, 1.54) is 50.5 Å². The van der Waals surface area contributed by atoms with Gasteiger partial charge in [-0.15, -0.1) is 0 Å². The summed E-state index contributed by atoms with van der Waals surface area (Å²) in [5.74, 6) is 1.81. The molecule has 1 aliphatic carbocycles. The van der Waals surface area contributed by atoms with E-state index in [9.17, 15) is 8.60 Å². The molecule has 1 aromatic carbocycles. The van der Waals surface area contributed by atoms with Crippen molar-refractivity contribution in [2.45, 2.75) is 37.9 Å². The maximum absolute atomic E-state index is 13.2. The van der Waals surface area contributed by atoms with Crippen LogP contribution in [0.1, 0.15) is 37.8 Å². The summed E-state index contributed by atoms with van der Waals surface area (Å²) in [7, 11) is -0.913. The molecule has 5 heteroatoms. The Balaban J connectivity index is 1.60. The van der Waals surface area contributed by atoms with Gasteiger partial charge in [0.25, 0.3) is 0 Å². The van der Waals surface area contributed by atoms with Crippen molar-refractivity contribution in [2.75, 3.05) is 5.75 Å². The topological polar surface area (TPSA) is 43.1 Å². The Labute approximate surface area is 132 Å². The summed E-state index contributed by atoms with van der Waals surface area (Å²) in [6.07, 6.45) is 7.74. The van der Waals surface area contributed by atoms with Crippen LogP contribution in [0.15, 0.2) is 34.9 Å². The summed E-state index contributed by atoms with van der Waals surface area (Å²) in [5, 5.41) is 0. The molecule has 1 fully saturated rings. The largest absolute Gasteiger partial charge is 0.444 e. The summed E-state index contributed by atoms with van der Waals surface area (Å²) in [5.41, 5.74) is 1.28. The number of nitrogens with zero attached hydrogens (tertiary/aromatic N) is 1. The third-order valence-corrected chi connectivity index (χ3v) is 5.54. The summed E-state index contributed by atoms with van der Waals surface area (Å²) in [4.78, 5) is 4.33. The van der Waals surface area contributed by atoms with Crippen LogP contribution < -0.4 is 0 Å². The van der Waals surface area contributed by atoms with E-state index >= 15 is 0 Å². The fourth-order valence-corrected chi connectivity index (χ4v) is 4.41. The summed E-state index contributed by atoms with van der Waals surface area (Å²) in [6.45, 7) is 0. The summed E-state index contributed by atoms with van der Waals surface area (Å²) >= 11 is 0. The van der Waals surface area contributed by atoms with E-state index in [-0.39, 0.29) is 5.82 Å². The first-order valence-electron chi connectivity index (χ1n) is 7.76. The maximum Gasteiger partial charge on any atom is 0.226 e. The predicted octanol–water partition coefficient (Wildman–Crippen LogP) is 4.31. The molecule has 0 spiro atoms. The lowest BCUT2D eigenvalue weighted by atomic mass is 9.91. The van der Waals surface area contributed by atoms with Crippen LogP contribution in [-0.4, -0.2) is 14.9 Å². The molecule has 0 N–H and O–H groups in total. The smallest absolute Gasteiger partial charge is 0.226 e. The Bertz CT molecular complexity index is 650. The predicted molar refractivity (Wildman–Crippen MR) is 85.2 cm³/mol. The average Bonchev–Trinajstić information content (AvgIpc) is 2.96. The van der Waals surface area contributed by atoms with Crippen molar-refractivity contribution in [3.63, 3.8) is 0 Å². The van der Waals surface area contributed by atoms with Crippen LogP contribution in [0.4, 0.5) is 4.39 Å². The van der Waals surface area contributed by atoms with Gasteiger partial charge in [-0.05, 0) is 37.0 Å². The Morgan fingerprint density at radius 2 is 2.09 bits per heavy atom. The first-order valence-corrected chi connectivity index (χ1v) is 9.25. The molecule has 0 aliphatic heterocycles. The third-order valence-electron chi connectivity index (χ3n) is 4.08. The normalized spacial score (nSPS) is 17.5. The zero-order chi connectivity index (χ0) is 15.4. The molecule has 0 amide bonds. The van der Waals surface area contributed by atoms with E-state index < -0.39 is 10.8 Å². The second-order valence-corrected chi connectivity index (χ2v) is 7.41. The van der Waals surface area contributed by atoms with Crippen LogP contribution in [0.2, 0.25) is 0 Å². The highest BCUT2D eigenvalue weighted by atomic mass is 32.2. The first kappa shape index (κ1) is 15.4. The summed E-state index contributed by atoms with van der Waals surface area (Å²) in [6, 6.07) is 6.13. The van der Waals surface area contributed by atoms with Crippen molar-refractivity contribution in [2.24, 2.45) is 5.92 Å². The van der Waals surface area contributed by atoms with Crippen LogP contribution in [0.3, 0.4) is 0 Å². The van der Waals surface area contributed by atoms with Crippen molar-refractivity contribution in [1.29, 1.82) is 0 Å². The van der Waals surface area contributed by atoms with E-state index in [1.807, 2.05) is 0 Å². The average molecular weight is 321 g/mol. The molecule has 0 bridgehead atoms. The van der Waals surface area contributed by atoms with Gasteiger partial charge in [-0.25, -0.2) is 9.37 Å². The van der Waals surface area contributed by atoms with E-state index in [0.29, 0.717) is 28.8 Å². The molecule has 0 saturated heterocycles. The van der Waals surface area contributed by atoms with Gasteiger partial charge >= 0.3 is 0 Å². The highest BCUT2D eigenvalue weighted by Gasteiger charge is 2.17. The zero-order valence-corrected chi connectivity index (χ0v) is 13.3. The van der Waals surface area contributed by atoms with Gasteiger partial charge in [-0.2, -0.15) is 0 Å². The van der Waals surface area contributed by atoms with E-state index in [1.54, 1.807) is 12.1 Å². The molecular formula is C17H20FNO2S. The van der Waals surface area contributed by atoms with Gasteiger partial charge in [-0.1, -0.05) is 25.3 Å². The molecule has 2 aromatic rings. The van der Waals surface area contributed by atoms with Crippen molar-refractivity contribution in [3.05, 3.63) is 42.0 Å². The molecule has 1 aromatic heterocycles. The van der Waals surface area contributed by atoms with Crippen LogP contribution in [0.5, 0.6) is 0 Å². The molecule has 118 valence electrons. The van der Waals surface area contributed by atoms with Gasteiger partial charge in [0.2, 0.25) is 5.89 Å². The van der Waals surface area contributed by atoms with Crippen LogP contribution in [-0.2, 0) is 16.6 Å². The Kier molecular flexibility index (Phi) is 5.03. The monoisotopic (exact) mass is 321 g/mol. The van der Waals surface area contributed by atoms with Crippen LogP contribution in [0, 0.1) is 11.7 Å². The quantitative estimate of drug-likeness (QED) is 0.824. The summed E-state index contributed by atoms with van der Waals surface area (Å²) < 4.78 is 30.8. The van der Waals surface area contributed by atoms with E-state index in [0.717, 1.165) is 5.75 Å². The van der Waals surface area contributed by atoms with Gasteiger partial charge < -0.3 is 4.42 Å². The molecule has 0 unspecified atom stereocenters. The Morgan fingerprint density at radius 1 is 1.27 bits per heavy atom. The molecule has 3 rings (SSSR count). The second-order valence-electron chi connectivity index (χ2n) is 5.91. The minimum atomic E-state index is -0.913. The molecular weight excluding hydrogens is 301 g/mol. The van der Waals surface area contributed by atoms with Crippen LogP contribution in [0.25, 0.3) is 11.5 Å². The number of hydrogen-bond donors (Lipinski definition) is 0. The highest BCUT2D eigenvalue weighted by molar-refractivity contribution is 7.84. The van der Waals surface area contributed by atoms with Crippen molar-refractivity contribution < 1.29 is 13.0 Å². The van der Waals surface area contributed by atoms with Gasteiger partial charge in [0, 0.05) is 22.1 Å². The number of rotatable bonds is 5. The molecule has 3 nitrogen and oxygen atoms in total. The molecule has 1 atom stereocenters. The minimum Gasteiger partial charge on any atom is -0.444 e. The van der Waals surface area contributed by atoms with Crippen molar-refractivity contribution in [1.82, 2.24) is 4.98 Å². The fraction of sp³-hybridized carbons (Fsp3) is 0.471. The molecule has 0 radical (unpaired) electrons. The molecule has 22 heavy (non-hydrogen) atoms. The SMILES string of the molecule is O=[S@@](Cc1coc(-c2cccc(F)c2)n1)CC1CCCCC1. The van der Waals surface area contributed by atoms with Gasteiger partial charge in [-0.3, -0.25) is 4.21 Å². The number of benzene rings is 1. The minimum absolute atomic E-state index is 0.321. The van der Waals surface area contributed by atoms with Gasteiger partial charge in [0.05, 0.1) is 11.4 Å². The van der Waals surface area contributed by atoms with Crippen molar-refractivity contribution >= 4 is 10.8 Å². The number of aromatic nitrogens is 1. The van der Waals surface area contributed by atoms with E-state index in [4.69, 9.17) is 4.42 Å². The maximum atomic E-state index is 13.2. The second kappa shape index (κ2) is 7.18. The lowest BCUT2D eigenvalue weighted by Crippen LogP contribution is -2.15. The first-order chi connectivity index (χ1) is 10.7. The third kappa shape index (κ3) is 4.03. The molecule has 1 aliphatic rings. The van der Waals surface area contributed by atoms with Gasteiger partial charge in [0.15, 0.2) is 0 Å². The lowest BCUT2D eigenvalue weighted by Gasteiger charge is -2.20. The Morgan fingerprint density at radius 3 is 2.86 bits per heavy atom.